The average Bonchev–Trinajstić information content (AvgIpc) is 1.96. The molecule has 1 rings (SSSR count). The maximum atomic E-state index is 5.07. The lowest BCUT2D eigenvalue weighted by Gasteiger charge is -2.08. The second-order valence-electron chi connectivity index (χ2n) is 1.67. The molecule has 0 radical (unpaired) electrons. The van der Waals surface area contributed by atoms with Crippen molar-refractivity contribution < 1.29 is 4.74 Å². The summed E-state index contributed by atoms with van der Waals surface area (Å²) in [5, 5.41) is 0. The van der Waals surface area contributed by atoms with Crippen LogP contribution in [0.25, 0.3) is 0 Å². The molecule has 0 amide bonds. The van der Waals surface area contributed by atoms with Gasteiger partial charge in [0.15, 0.2) is 0 Å². The minimum atomic E-state index is 1.00. The smallest absolute Gasteiger partial charge is 0.0466 e. The van der Waals surface area contributed by atoms with Gasteiger partial charge in [-0.2, -0.15) is 0 Å². The van der Waals surface area contributed by atoms with Crippen LogP contribution in [0.3, 0.4) is 0 Å². The van der Waals surface area contributed by atoms with Crippen molar-refractivity contribution in [2.45, 2.75) is 33.1 Å². The molecule has 0 aromatic carbocycles. The predicted molar refractivity (Wildman–Crippen MR) is 36.0 cm³/mol. The molecule has 1 heteroatoms. The third-order valence-corrected chi connectivity index (χ3v) is 1.08. The number of hydrogen-bond acceptors (Lipinski definition) is 1. The molecule has 0 atom stereocenters. The molecule has 0 aromatic heterocycles. The summed E-state index contributed by atoms with van der Waals surface area (Å²) in [5.74, 6) is 0. The summed E-state index contributed by atoms with van der Waals surface area (Å²) in [4.78, 5) is 0. The minimum Gasteiger partial charge on any atom is -0.381 e. The molecule has 0 bridgehead atoms. The van der Waals surface area contributed by atoms with E-state index in [0.29, 0.717) is 0 Å². The van der Waals surface area contributed by atoms with Crippen molar-refractivity contribution >= 4 is 0 Å². The number of ether oxygens (including phenoxy) is 1. The molecular weight excluding hydrogens is 100 g/mol. The Kier molecular flexibility index (Phi) is 6.93. The van der Waals surface area contributed by atoms with Crippen LogP contribution in [0.1, 0.15) is 33.1 Å². The molecular formula is C7H16O. The standard InChI is InChI=1S/C5H10O.C2H6/c1-2-4-6-5-3-1;1-2/h1-5H2;1-2H3. The molecule has 1 heterocycles. The molecule has 1 fully saturated rings. The highest BCUT2D eigenvalue weighted by atomic mass is 16.5. The van der Waals surface area contributed by atoms with Gasteiger partial charge in [0, 0.05) is 13.2 Å². The minimum absolute atomic E-state index is 1.00. The van der Waals surface area contributed by atoms with E-state index in [0.717, 1.165) is 13.2 Å². The fourth-order valence-electron chi connectivity index (χ4n) is 0.687. The van der Waals surface area contributed by atoms with Gasteiger partial charge in [0.2, 0.25) is 0 Å². The SMILES string of the molecule is C1CCOCC1.CC. The lowest BCUT2D eigenvalue weighted by atomic mass is 10.2. The Morgan fingerprint density at radius 3 is 1.50 bits per heavy atom. The van der Waals surface area contributed by atoms with Gasteiger partial charge in [-0.25, -0.2) is 0 Å². The van der Waals surface area contributed by atoms with Crippen LogP contribution in [0.15, 0.2) is 0 Å². The van der Waals surface area contributed by atoms with Crippen LogP contribution in [-0.4, -0.2) is 13.2 Å². The van der Waals surface area contributed by atoms with Crippen molar-refractivity contribution in [1.82, 2.24) is 0 Å². The molecule has 8 heavy (non-hydrogen) atoms. The third-order valence-electron chi connectivity index (χ3n) is 1.08. The largest absolute Gasteiger partial charge is 0.381 e. The van der Waals surface area contributed by atoms with Crippen LogP contribution >= 0.6 is 0 Å². The zero-order chi connectivity index (χ0) is 6.24. The van der Waals surface area contributed by atoms with Gasteiger partial charge in [-0.05, 0) is 19.3 Å². The van der Waals surface area contributed by atoms with Crippen molar-refractivity contribution in [2.24, 2.45) is 0 Å². The lowest BCUT2D eigenvalue weighted by molar-refractivity contribution is 0.0968. The monoisotopic (exact) mass is 116 g/mol. The third kappa shape index (κ3) is 4.13. The van der Waals surface area contributed by atoms with Crippen molar-refractivity contribution in [1.29, 1.82) is 0 Å². The van der Waals surface area contributed by atoms with Crippen LogP contribution in [0, 0.1) is 0 Å². The van der Waals surface area contributed by atoms with E-state index in [4.69, 9.17) is 4.74 Å². The maximum Gasteiger partial charge on any atom is 0.0466 e. The van der Waals surface area contributed by atoms with Crippen LogP contribution in [0.2, 0.25) is 0 Å². The fraction of sp³-hybridized carbons (Fsp3) is 1.00. The topological polar surface area (TPSA) is 9.23 Å². The molecule has 0 N–H and O–H groups in total. The molecule has 0 spiro atoms. The van der Waals surface area contributed by atoms with Crippen LogP contribution < -0.4 is 0 Å². The van der Waals surface area contributed by atoms with Gasteiger partial charge >= 0.3 is 0 Å². The summed E-state index contributed by atoms with van der Waals surface area (Å²) in [7, 11) is 0. The summed E-state index contributed by atoms with van der Waals surface area (Å²) in [6, 6.07) is 0. The number of hydrogen-bond donors (Lipinski definition) is 0. The Morgan fingerprint density at radius 2 is 1.38 bits per heavy atom. The Hall–Kier alpha value is -0.0400. The van der Waals surface area contributed by atoms with E-state index in [-0.39, 0.29) is 0 Å². The molecule has 1 nitrogen and oxygen atoms in total. The summed E-state index contributed by atoms with van der Waals surface area (Å²) < 4.78 is 5.07. The van der Waals surface area contributed by atoms with Gasteiger partial charge in [0.25, 0.3) is 0 Å². The first kappa shape index (κ1) is 7.96. The van der Waals surface area contributed by atoms with Gasteiger partial charge in [0.1, 0.15) is 0 Å². The predicted octanol–water partition coefficient (Wildman–Crippen LogP) is 2.21. The maximum absolute atomic E-state index is 5.07. The molecule has 0 aromatic rings. The van der Waals surface area contributed by atoms with E-state index >= 15 is 0 Å². The Morgan fingerprint density at radius 1 is 0.875 bits per heavy atom. The first-order valence-electron chi connectivity index (χ1n) is 3.58. The summed E-state index contributed by atoms with van der Waals surface area (Å²) in [6.07, 6.45) is 3.93. The highest BCUT2D eigenvalue weighted by molar-refractivity contribution is 4.45. The molecule has 1 aliphatic rings. The van der Waals surface area contributed by atoms with Crippen LogP contribution in [0.5, 0.6) is 0 Å². The molecule has 1 saturated heterocycles. The summed E-state index contributed by atoms with van der Waals surface area (Å²) in [5.41, 5.74) is 0. The van der Waals surface area contributed by atoms with Gasteiger partial charge in [0.05, 0.1) is 0 Å². The van der Waals surface area contributed by atoms with Crippen molar-refractivity contribution in [3.8, 4) is 0 Å². The van der Waals surface area contributed by atoms with E-state index < -0.39 is 0 Å². The van der Waals surface area contributed by atoms with Crippen molar-refractivity contribution in [3.05, 3.63) is 0 Å². The molecule has 0 aliphatic carbocycles. The van der Waals surface area contributed by atoms with E-state index in [2.05, 4.69) is 0 Å². The van der Waals surface area contributed by atoms with Gasteiger partial charge in [-0.1, -0.05) is 13.8 Å². The number of rotatable bonds is 0. The Bertz CT molecular complexity index is 19.9. The Labute approximate surface area is 52.0 Å². The normalized spacial score (nSPS) is 18.8. The van der Waals surface area contributed by atoms with E-state index in [1.807, 2.05) is 13.8 Å². The molecule has 0 saturated carbocycles. The van der Waals surface area contributed by atoms with E-state index in [1.165, 1.54) is 19.3 Å². The van der Waals surface area contributed by atoms with Gasteiger partial charge in [-0.15, -0.1) is 0 Å². The van der Waals surface area contributed by atoms with Gasteiger partial charge in [-0.3, -0.25) is 0 Å². The Balaban J connectivity index is 0.000000222. The zero-order valence-electron chi connectivity index (χ0n) is 5.94. The van der Waals surface area contributed by atoms with Crippen molar-refractivity contribution in [2.75, 3.05) is 13.2 Å². The highest BCUT2D eigenvalue weighted by Crippen LogP contribution is 2.01. The van der Waals surface area contributed by atoms with Crippen LogP contribution in [0.4, 0.5) is 0 Å². The first-order valence-corrected chi connectivity index (χ1v) is 3.58. The van der Waals surface area contributed by atoms with Gasteiger partial charge < -0.3 is 4.74 Å². The summed E-state index contributed by atoms with van der Waals surface area (Å²) >= 11 is 0. The van der Waals surface area contributed by atoms with E-state index in [9.17, 15) is 0 Å². The van der Waals surface area contributed by atoms with Crippen molar-refractivity contribution in [3.63, 3.8) is 0 Å². The first-order chi connectivity index (χ1) is 4.00. The second-order valence-corrected chi connectivity index (χ2v) is 1.67. The lowest BCUT2D eigenvalue weighted by Crippen LogP contribution is -2.03. The average molecular weight is 116 g/mol. The van der Waals surface area contributed by atoms with E-state index in [1.54, 1.807) is 0 Å². The summed E-state index contributed by atoms with van der Waals surface area (Å²) in [6.45, 7) is 6.00. The fourth-order valence-corrected chi connectivity index (χ4v) is 0.687. The molecule has 50 valence electrons. The zero-order valence-corrected chi connectivity index (χ0v) is 5.94. The quantitative estimate of drug-likeness (QED) is 0.471. The highest BCUT2D eigenvalue weighted by Gasteiger charge is 1.94. The van der Waals surface area contributed by atoms with Crippen LogP contribution in [-0.2, 0) is 4.74 Å². The molecule has 1 aliphatic heterocycles. The second kappa shape index (κ2) is 6.96. The molecule has 0 unspecified atom stereocenters.